The van der Waals surface area contributed by atoms with Crippen molar-refractivity contribution in [2.24, 2.45) is 11.8 Å². The molecule has 5 nitrogen and oxygen atoms in total. The van der Waals surface area contributed by atoms with Crippen LogP contribution in [0.5, 0.6) is 0 Å². The standard InChI is InChI=1S/C15H16O5S/c1-6-9(16)11(18)14-15(19-6)20-12-8-5-3-2-4-7(8)10(17)13(12)21-14/h2-9,11,14-16,18H,1H3. The minimum absolute atomic E-state index is 0.0272. The van der Waals surface area contributed by atoms with Crippen LogP contribution in [0.4, 0.5) is 0 Å². The Morgan fingerprint density at radius 3 is 2.62 bits per heavy atom. The van der Waals surface area contributed by atoms with E-state index in [0.717, 1.165) is 0 Å². The van der Waals surface area contributed by atoms with Gasteiger partial charge in [-0.1, -0.05) is 24.3 Å². The Kier molecular flexibility index (Phi) is 3.04. The summed E-state index contributed by atoms with van der Waals surface area (Å²) in [6.07, 6.45) is 4.55. The second kappa shape index (κ2) is 4.71. The van der Waals surface area contributed by atoms with Gasteiger partial charge in [0.15, 0.2) is 5.78 Å². The highest BCUT2D eigenvalue weighted by atomic mass is 32.2. The molecule has 0 aromatic carbocycles. The van der Waals surface area contributed by atoms with E-state index in [0.29, 0.717) is 10.7 Å². The molecule has 0 aromatic rings. The van der Waals surface area contributed by atoms with Crippen molar-refractivity contribution in [2.45, 2.75) is 36.8 Å². The monoisotopic (exact) mass is 308 g/mol. The quantitative estimate of drug-likeness (QED) is 0.687. The molecule has 0 amide bonds. The maximum absolute atomic E-state index is 12.5. The Bertz CT molecular complexity index is 581. The molecular weight excluding hydrogens is 292 g/mol. The molecule has 112 valence electrons. The molecule has 2 heterocycles. The molecule has 2 N–H and O–H groups in total. The summed E-state index contributed by atoms with van der Waals surface area (Å²) >= 11 is 1.28. The van der Waals surface area contributed by atoms with E-state index in [2.05, 4.69) is 0 Å². The van der Waals surface area contributed by atoms with E-state index in [1.165, 1.54) is 11.8 Å². The zero-order chi connectivity index (χ0) is 14.7. The van der Waals surface area contributed by atoms with Crippen molar-refractivity contribution in [3.8, 4) is 0 Å². The Morgan fingerprint density at radius 2 is 1.86 bits per heavy atom. The number of fused-ring (bicyclic) bond motifs is 3. The third-order valence-corrected chi connectivity index (χ3v) is 5.88. The third kappa shape index (κ3) is 1.86. The van der Waals surface area contributed by atoms with Crippen molar-refractivity contribution in [2.75, 3.05) is 0 Å². The second-order valence-electron chi connectivity index (χ2n) is 5.77. The van der Waals surface area contributed by atoms with Crippen LogP contribution < -0.4 is 0 Å². The highest BCUT2D eigenvalue weighted by Gasteiger charge is 2.53. The first-order chi connectivity index (χ1) is 10.1. The fraction of sp³-hybridized carbons (Fsp3) is 0.533. The third-order valence-electron chi connectivity index (χ3n) is 4.47. The van der Waals surface area contributed by atoms with Crippen LogP contribution in [0.2, 0.25) is 0 Å². The molecule has 2 aliphatic carbocycles. The lowest BCUT2D eigenvalue weighted by Gasteiger charge is -2.43. The van der Waals surface area contributed by atoms with Crippen LogP contribution in [0.25, 0.3) is 0 Å². The summed E-state index contributed by atoms with van der Waals surface area (Å²) in [5, 5.41) is 19.7. The summed E-state index contributed by atoms with van der Waals surface area (Å²) in [7, 11) is 0. The number of ketones is 1. The van der Waals surface area contributed by atoms with Crippen molar-refractivity contribution >= 4 is 17.5 Å². The fourth-order valence-corrected chi connectivity index (χ4v) is 4.62. The van der Waals surface area contributed by atoms with Gasteiger partial charge < -0.3 is 19.7 Å². The van der Waals surface area contributed by atoms with Gasteiger partial charge in [0.1, 0.15) is 23.2 Å². The van der Waals surface area contributed by atoms with Gasteiger partial charge in [0.2, 0.25) is 6.29 Å². The molecule has 4 aliphatic rings. The van der Waals surface area contributed by atoms with Crippen molar-refractivity contribution in [3.05, 3.63) is 35.0 Å². The molecule has 2 aliphatic heterocycles. The van der Waals surface area contributed by atoms with E-state index in [1.54, 1.807) is 6.92 Å². The molecular formula is C15H16O5S. The number of Topliss-reactive ketones (excluding diaryl/α,β-unsaturated/α-hetero) is 1. The van der Waals surface area contributed by atoms with Crippen LogP contribution in [-0.2, 0) is 14.3 Å². The summed E-state index contributed by atoms with van der Waals surface area (Å²) in [5.74, 6) is 0.382. The number of rotatable bonds is 0. The van der Waals surface area contributed by atoms with Gasteiger partial charge in [-0.25, -0.2) is 0 Å². The number of thioether (sulfide) groups is 1. The van der Waals surface area contributed by atoms with Crippen LogP contribution in [0.15, 0.2) is 35.0 Å². The number of aliphatic hydroxyl groups excluding tert-OH is 2. The van der Waals surface area contributed by atoms with E-state index in [-0.39, 0.29) is 17.6 Å². The molecule has 6 heteroatoms. The van der Waals surface area contributed by atoms with E-state index in [1.807, 2.05) is 24.3 Å². The summed E-state index contributed by atoms with van der Waals surface area (Å²) in [5.41, 5.74) is 0. The van der Waals surface area contributed by atoms with Gasteiger partial charge in [-0.05, 0) is 6.92 Å². The second-order valence-corrected chi connectivity index (χ2v) is 6.96. The smallest absolute Gasteiger partial charge is 0.214 e. The predicted octanol–water partition coefficient (Wildman–Crippen LogP) is 0.738. The van der Waals surface area contributed by atoms with Gasteiger partial charge in [-0.3, -0.25) is 4.79 Å². The first-order valence-corrected chi connectivity index (χ1v) is 7.94. The summed E-state index contributed by atoms with van der Waals surface area (Å²) < 4.78 is 11.6. The lowest BCUT2D eigenvalue weighted by atomic mass is 9.90. The van der Waals surface area contributed by atoms with Gasteiger partial charge in [0.25, 0.3) is 0 Å². The Labute approximate surface area is 126 Å². The molecule has 0 aromatic heterocycles. The topological polar surface area (TPSA) is 76.0 Å². The average Bonchev–Trinajstić information content (AvgIpc) is 2.77. The Hall–Kier alpha value is -1.08. The van der Waals surface area contributed by atoms with E-state index in [9.17, 15) is 15.0 Å². The predicted molar refractivity (Wildman–Crippen MR) is 76.1 cm³/mol. The zero-order valence-electron chi connectivity index (χ0n) is 11.4. The van der Waals surface area contributed by atoms with Crippen molar-refractivity contribution in [1.82, 2.24) is 0 Å². The van der Waals surface area contributed by atoms with Gasteiger partial charge in [-0.15, -0.1) is 11.8 Å². The molecule has 1 fully saturated rings. The molecule has 7 unspecified atom stereocenters. The number of hydrogen-bond donors (Lipinski definition) is 2. The Balaban J connectivity index is 1.68. The van der Waals surface area contributed by atoms with Crippen molar-refractivity contribution in [1.29, 1.82) is 0 Å². The number of carbonyl (C=O) groups is 1. The number of ether oxygens (including phenoxy) is 2. The lowest BCUT2D eigenvalue weighted by Crippen LogP contribution is -2.57. The van der Waals surface area contributed by atoms with E-state index >= 15 is 0 Å². The van der Waals surface area contributed by atoms with Gasteiger partial charge in [-0.2, -0.15) is 0 Å². The van der Waals surface area contributed by atoms with Crippen LogP contribution in [-0.4, -0.2) is 45.8 Å². The fourth-order valence-electron chi connectivity index (χ4n) is 3.26. The molecule has 0 radical (unpaired) electrons. The maximum Gasteiger partial charge on any atom is 0.214 e. The highest BCUT2D eigenvalue weighted by molar-refractivity contribution is 8.04. The molecule has 1 saturated heterocycles. The van der Waals surface area contributed by atoms with Gasteiger partial charge >= 0.3 is 0 Å². The van der Waals surface area contributed by atoms with Gasteiger partial charge in [0.05, 0.1) is 16.9 Å². The SMILES string of the molecule is CC1OC2OC3=C(SC2C(O)C1O)C(=O)C1C=CC=CC31. The zero-order valence-corrected chi connectivity index (χ0v) is 12.2. The summed E-state index contributed by atoms with van der Waals surface area (Å²) in [6.45, 7) is 1.70. The number of allylic oxidation sites excluding steroid dienone is 5. The highest BCUT2D eigenvalue weighted by Crippen LogP contribution is 2.50. The number of carbonyl (C=O) groups excluding carboxylic acids is 1. The minimum atomic E-state index is -0.973. The molecule has 0 spiro atoms. The van der Waals surface area contributed by atoms with E-state index in [4.69, 9.17) is 9.47 Å². The maximum atomic E-state index is 12.5. The normalized spacial score (nSPS) is 47.8. The van der Waals surface area contributed by atoms with Crippen molar-refractivity contribution in [3.63, 3.8) is 0 Å². The first-order valence-electron chi connectivity index (χ1n) is 7.06. The largest absolute Gasteiger partial charge is 0.466 e. The number of aliphatic hydroxyl groups is 2. The van der Waals surface area contributed by atoms with Crippen LogP contribution in [0, 0.1) is 11.8 Å². The molecule has 0 saturated carbocycles. The van der Waals surface area contributed by atoms with Crippen LogP contribution >= 0.6 is 11.8 Å². The summed E-state index contributed by atoms with van der Waals surface area (Å²) in [4.78, 5) is 13.0. The van der Waals surface area contributed by atoms with Crippen LogP contribution in [0.3, 0.4) is 0 Å². The van der Waals surface area contributed by atoms with E-state index < -0.39 is 29.9 Å². The van der Waals surface area contributed by atoms with Crippen LogP contribution in [0.1, 0.15) is 6.92 Å². The van der Waals surface area contributed by atoms with Gasteiger partial charge in [0, 0.05) is 5.92 Å². The lowest BCUT2D eigenvalue weighted by molar-refractivity contribution is -0.231. The average molecular weight is 308 g/mol. The van der Waals surface area contributed by atoms with Crippen molar-refractivity contribution < 1.29 is 24.5 Å². The summed E-state index contributed by atoms with van der Waals surface area (Å²) in [6, 6.07) is 0. The Morgan fingerprint density at radius 1 is 1.14 bits per heavy atom. The molecule has 0 bridgehead atoms. The molecule has 21 heavy (non-hydrogen) atoms. The first kappa shape index (κ1) is 13.6. The number of hydrogen-bond acceptors (Lipinski definition) is 6. The molecule has 4 rings (SSSR count). The molecule has 7 atom stereocenters. The minimum Gasteiger partial charge on any atom is -0.466 e.